The second-order valence-corrected chi connectivity index (χ2v) is 2.67. The Bertz CT molecular complexity index is 281. The van der Waals surface area contributed by atoms with Crippen molar-refractivity contribution < 1.29 is 4.79 Å². The van der Waals surface area contributed by atoms with E-state index in [4.69, 9.17) is 0 Å². The van der Waals surface area contributed by atoms with Crippen LogP contribution in [0.2, 0.25) is 0 Å². The summed E-state index contributed by atoms with van der Waals surface area (Å²) < 4.78 is 0. The normalized spacial score (nSPS) is 9.69. The second-order valence-electron chi connectivity index (χ2n) is 2.67. The highest BCUT2D eigenvalue weighted by atomic mass is 16.2. The van der Waals surface area contributed by atoms with Crippen LogP contribution in [0.1, 0.15) is 18.3 Å². The molecular formula is C8H14N4O. The van der Waals surface area contributed by atoms with Crippen LogP contribution in [0.15, 0.2) is 6.07 Å². The lowest BCUT2D eigenvalue weighted by Crippen LogP contribution is -2.32. The largest absolute Gasteiger partial charge is 0.341 e. The molecule has 0 aliphatic carbocycles. The molecule has 0 aliphatic rings. The summed E-state index contributed by atoms with van der Waals surface area (Å²) in [7, 11) is 1.58. The number of nitrogens with one attached hydrogen (secondary N) is 3. The molecule has 1 aromatic rings. The zero-order chi connectivity index (χ0) is 9.68. The molecule has 0 bridgehead atoms. The number of aryl methyl sites for hydroxylation is 1. The number of hydrogen-bond donors (Lipinski definition) is 3. The van der Waals surface area contributed by atoms with Crippen molar-refractivity contribution in [2.45, 2.75) is 19.9 Å². The minimum absolute atomic E-state index is 0.187. The van der Waals surface area contributed by atoms with Crippen LogP contribution in [0.25, 0.3) is 0 Å². The van der Waals surface area contributed by atoms with Gasteiger partial charge < -0.3 is 10.6 Å². The fourth-order valence-corrected chi connectivity index (χ4v) is 0.945. The van der Waals surface area contributed by atoms with Crippen molar-refractivity contribution in [2.24, 2.45) is 0 Å². The predicted molar refractivity (Wildman–Crippen MR) is 49.3 cm³/mol. The summed E-state index contributed by atoms with van der Waals surface area (Å²) in [6.07, 6.45) is 0.899. The van der Waals surface area contributed by atoms with Gasteiger partial charge in [0.1, 0.15) is 0 Å². The first-order chi connectivity index (χ1) is 6.26. The summed E-state index contributed by atoms with van der Waals surface area (Å²) >= 11 is 0. The van der Waals surface area contributed by atoms with Crippen molar-refractivity contribution >= 4 is 6.03 Å². The SMILES string of the molecule is CCc1cc(CNC(=O)NC)[nH]n1. The molecule has 0 aromatic carbocycles. The van der Waals surface area contributed by atoms with E-state index in [1.54, 1.807) is 7.05 Å². The molecule has 0 unspecified atom stereocenters. The Labute approximate surface area is 76.9 Å². The van der Waals surface area contributed by atoms with Crippen molar-refractivity contribution in [1.82, 2.24) is 20.8 Å². The van der Waals surface area contributed by atoms with Crippen molar-refractivity contribution in [2.75, 3.05) is 7.05 Å². The van der Waals surface area contributed by atoms with Gasteiger partial charge in [-0.2, -0.15) is 5.10 Å². The van der Waals surface area contributed by atoms with Gasteiger partial charge in [-0.15, -0.1) is 0 Å². The van der Waals surface area contributed by atoms with E-state index in [0.29, 0.717) is 6.54 Å². The Morgan fingerprint density at radius 3 is 3.00 bits per heavy atom. The van der Waals surface area contributed by atoms with Gasteiger partial charge in [-0.05, 0) is 12.5 Å². The minimum Gasteiger partial charge on any atom is -0.341 e. The van der Waals surface area contributed by atoms with Crippen molar-refractivity contribution in [3.63, 3.8) is 0 Å². The Morgan fingerprint density at radius 2 is 2.46 bits per heavy atom. The van der Waals surface area contributed by atoms with Gasteiger partial charge in [0.25, 0.3) is 0 Å². The molecule has 1 rings (SSSR count). The first-order valence-electron chi connectivity index (χ1n) is 4.25. The monoisotopic (exact) mass is 182 g/mol. The van der Waals surface area contributed by atoms with E-state index in [9.17, 15) is 4.79 Å². The van der Waals surface area contributed by atoms with E-state index in [0.717, 1.165) is 17.8 Å². The molecule has 0 saturated heterocycles. The molecule has 0 spiro atoms. The third kappa shape index (κ3) is 2.77. The maximum absolute atomic E-state index is 10.8. The quantitative estimate of drug-likeness (QED) is 0.633. The summed E-state index contributed by atoms with van der Waals surface area (Å²) in [5.74, 6) is 0. The Balaban J connectivity index is 2.41. The molecule has 13 heavy (non-hydrogen) atoms. The third-order valence-corrected chi connectivity index (χ3v) is 1.71. The van der Waals surface area contributed by atoms with Gasteiger partial charge in [0.05, 0.1) is 17.9 Å². The maximum atomic E-state index is 10.8. The number of carbonyl (C=O) groups excluding carboxylic acids is 1. The average Bonchev–Trinajstić information content (AvgIpc) is 2.61. The summed E-state index contributed by atoms with van der Waals surface area (Å²) in [6, 6.07) is 1.75. The summed E-state index contributed by atoms with van der Waals surface area (Å²) in [4.78, 5) is 10.8. The number of H-pyrrole nitrogens is 1. The lowest BCUT2D eigenvalue weighted by molar-refractivity contribution is 0.242. The van der Waals surface area contributed by atoms with Crippen LogP contribution >= 0.6 is 0 Å². The van der Waals surface area contributed by atoms with Gasteiger partial charge in [0.2, 0.25) is 0 Å². The van der Waals surface area contributed by atoms with Crippen LogP contribution in [0.4, 0.5) is 4.79 Å². The van der Waals surface area contributed by atoms with Crippen molar-refractivity contribution in [3.8, 4) is 0 Å². The molecule has 3 N–H and O–H groups in total. The number of nitrogens with zero attached hydrogens (tertiary/aromatic N) is 1. The predicted octanol–water partition coefficient (Wildman–Crippen LogP) is 0.401. The summed E-state index contributed by atoms with van der Waals surface area (Å²) in [6.45, 7) is 2.51. The Hall–Kier alpha value is -1.52. The fourth-order valence-electron chi connectivity index (χ4n) is 0.945. The molecule has 0 atom stereocenters. The summed E-state index contributed by atoms with van der Waals surface area (Å²) in [5, 5.41) is 12.0. The molecular weight excluding hydrogens is 168 g/mol. The molecule has 72 valence electrons. The van der Waals surface area contributed by atoms with Crippen LogP contribution in [0.5, 0.6) is 0 Å². The standard InChI is InChI=1S/C8H14N4O/c1-3-6-4-7(12-11-6)5-10-8(13)9-2/h4H,3,5H2,1-2H3,(H,11,12)(H2,9,10,13). The molecule has 0 fully saturated rings. The van der Waals surface area contributed by atoms with Crippen molar-refractivity contribution in [3.05, 3.63) is 17.5 Å². The van der Waals surface area contributed by atoms with Gasteiger partial charge in [0, 0.05) is 7.05 Å². The van der Waals surface area contributed by atoms with E-state index in [1.165, 1.54) is 0 Å². The maximum Gasteiger partial charge on any atom is 0.314 e. The van der Waals surface area contributed by atoms with Gasteiger partial charge in [-0.25, -0.2) is 4.79 Å². The number of aromatic nitrogens is 2. The molecule has 0 aliphatic heterocycles. The summed E-state index contributed by atoms with van der Waals surface area (Å²) in [5.41, 5.74) is 1.93. The fraction of sp³-hybridized carbons (Fsp3) is 0.500. The third-order valence-electron chi connectivity index (χ3n) is 1.71. The van der Waals surface area contributed by atoms with E-state index in [-0.39, 0.29) is 6.03 Å². The van der Waals surface area contributed by atoms with Crippen LogP contribution in [0.3, 0.4) is 0 Å². The number of amides is 2. The molecule has 1 heterocycles. The van der Waals surface area contributed by atoms with Crippen molar-refractivity contribution in [1.29, 1.82) is 0 Å². The van der Waals surface area contributed by atoms with Gasteiger partial charge in [0.15, 0.2) is 0 Å². The van der Waals surface area contributed by atoms with Gasteiger partial charge in [-0.1, -0.05) is 6.92 Å². The lowest BCUT2D eigenvalue weighted by Gasteiger charge is -2.00. The number of aromatic amines is 1. The zero-order valence-electron chi connectivity index (χ0n) is 7.85. The number of urea groups is 1. The highest BCUT2D eigenvalue weighted by Gasteiger charge is 2.00. The molecule has 5 heteroatoms. The highest BCUT2D eigenvalue weighted by Crippen LogP contribution is 1.99. The number of rotatable bonds is 3. The number of hydrogen-bond acceptors (Lipinski definition) is 2. The van der Waals surface area contributed by atoms with Crippen LogP contribution in [-0.4, -0.2) is 23.3 Å². The molecule has 1 aromatic heterocycles. The molecule has 5 nitrogen and oxygen atoms in total. The van der Waals surface area contributed by atoms with Crippen LogP contribution in [-0.2, 0) is 13.0 Å². The smallest absolute Gasteiger partial charge is 0.314 e. The van der Waals surface area contributed by atoms with E-state index >= 15 is 0 Å². The Kier molecular flexibility index (Phi) is 3.31. The highest BCUT2D eigenvalue weighted by molar-refractivity contribution is 5.73. The topological polar surface area (TPSA) is 69.8 Å². The van der Waals surface area contributed by atoms with Gasteiger partial charge >= 0.3 is 6.03 Å². The van der Waals surface area contributed by atoms with E-state index in [1.807, 2.05) is 13.0 Å². The first kappa shape index (κ1) is 9.57. The zero-order valence-corrected chi connectivity index (χ0v) is 7.85. The first-order valence-corrected chi connectivity index (χ1v) is 4.25. The lowest BCUT2D eigenvalue weighted by atomic mass is 10.3. The van der Waals surface area contributed by atoms with Crippen LogP contribution < -0.4 is 10.6 Å². The van der Waals surface area contributed by atoms with E-state index < -0.39 is 0 Å². The van der Waals surface area contributed by atoms with Gasteiger partial charge in [-0.3, -0.25) is 5.10 Å². The molecule has 0 radical (unpaired) electrons. The second kappa shape index (κ2) is 4.49. The Morgan fingerprint density at radius 1 is 1.69 bits per heavy atom. The van der Waals surface area contributed by atoms with E-state index in [2.05, 4.69) is 20.8 Å². The molecule has 2 amide bonds. The molecule has 0 saturated carbocycles. The minimum atomic E-state index is -0.187. The average molecular weight is 182 g/mol. The number of carbonyl (C=O) groups is 1. The van der Waals surface area contributed by atoms with Crippen LogP contribution in [0, 0.1) is 0 Å².